The summed E-state index contributed by atoms with van der Waals surface area (Å²) in [6.07, 6.45) is -0.620. The molecule has 1 amide bonds. The van der Waals surface area contributed by atoms with Crippen molar-refractivity contribution in [1.29, 1.82) is 0 Å². The lowest BCUT2D eigenvalue weighted by Crippen LogP contribution is -2.62. The number of nitrogens with two attached hydrogens (primary N) is 1. The average molecular weight is 263 g/mol. The summed E-state index contributed by atoms with van der Waals surface area (Å²) in [6, 6.07) is 7.17. The quantitative estimate of drug-likeness (QED) is 0.694. The Labute approximate surface area is 113 Å². The van der Waals surface area contributed by atoms with Crippen LogP contribution in [0.1, 0.15) is 25.5 Å². The number of benzene rings is 1. The SMILES string of the molecule is CC1(C)C(=O)NCCN1CC(O)c1ccc(N)cc1. The highest BCUT2D eigenvalue weighted by Crippen LogP contribution is 2.23. The number of aliphatic hydroxyl groups excluding tert-OH is 1. The van der Waals surface area contributed by atoms with E-state index in [2.05, 4.69) is 5.32 Å². The van der Waals surface area contributed by atoms with Crippen LogP contribution in [0, 0.1) is 0 Å². The zero-order chi connectivity index (χ0) is 14.0. The van der Waals surface area contributed by atoms with Crippen LogP contribution in [-0.2, 0) is 4.79 Å². The van der Waals surface area contributed by atoms with Gasteiger partial charge in [0.2, 0.25) is 5.91 Å². The first-order valence-electron chi connectivity index (χ1n) is 6.48. The Hall–Kier alpha value is -1.59. The molecule has 19 heavy (non-hydrogen) atoms. The van der Waals surface area contributed by atoms with Crippen molar-refractivity contribution in [2.45, 2.75) is 25.5 Å². The van der Waals surface area contributed by atoms with Crippen molar-refractivity contribution in [3.05, 3.63) is 29.8 Å². The maximum Gasteiger partial charge on any atom is 0.240 e. The number of amides is 1. The van der Waals surface area contributed by atoms with E-state index in [1.807, 2.05) is 30.9 Å². The molecule has 2 rings (SSSR count). The molecule has 4 N–H and O–H groups in total. The van der Waals surface area contributed by atoms with Crippen LogP contribution in [0.5, 0.6) is 0 Å². The predicted octanol–water partition coefficient (Wildman–Crippen LogP) is 0.513. The minimum atomic E-state index is -0.620. The Balaban J connectivity index is 2.07. The van der Waals surface area contributed by atoms with Gasteiger partial charge in [0, 0.05) is 25.3 Å². The van der Waals surface area contributed by atoms with Gasteiger partial charge in [0.25, 0.3) is 0 Å². The lowest BCUT2D eigenvalue weighted by atomic mass is 9.97. The molecule has 5 nitrogen and oxygen atoms in total. The number of rotatable bonds is 3. The van der Waals surface area contributed by atoms with E-state index >= 15 is 0 Å². The van der Waals surface area contributed by atoms with Crippen molar-refractivity contribution in [2.75, 3.05) is 25.4 Å². The number of nitrogens with one attached hydrogen (secondary N) is 1. The largest absolute Gasteiger partial charge is 0.399 e. The van der Waals surface area contributed by atoms with E-state index < -0.39 is 11.6 Å². The van der Waals surface area contributed by atoms with Gasteiger partial charge in [0.1, 0.15) is 0 Å². The Morgan fingerprint density at radius 2 is 2.05 bits per heavy atom. The molecule has 1 saturated heterocycles. The zero-order valence-electron chi connectivity index (χ0n) is 11.4. The van der Waals surface area contributed by atoms with Gasteiger partial charge in [-0.05, 0) is 31.5 Å². The van der Waals surface area contributed by atoms with Crippen LogP contribution in [0.4, 0.5) is 5.69 Å². The molecule has 1 atom stereocenters. The third-order valence-corrected chi connectivity index (χ3v) is 3.73. The molecule has 104 valence electrons. The highest BCUT2D eigenvalue weighted by Gasteiger charge is 2.38. The molecule has 1 fully saturated rings. The highest BCUT2D eigenvalue weighted by molar-refractivity contribution is 5.86. The summed E-state index contributed by atoms with van der Waals surface area (Å²) in [7, 11) is 0. The van der Waals surface area contributed by atoms with E-state index in [1.54, 1.807) is 12.1 Å². The van der Waals surface area contributed by atoms with Crippen molar-refractivity contribution in [3.8, 4) is 0 Å². The summed E-state index contributed by atoms with van der Waals surface area (Å²) in [4.78, 5) is 13.8. The second-order valence-corrected chi connectivity index (χ2v) is 5.44. The fourth-order valence-electron chi connectivity index (χ4n) is 2.30. The van der Waals surface area contributed by atoms with Crippen LogP contribution in [0.15, 0.2) is 24.3 Å². The summed E-state index contributed by atoms with van der Waals surface area (Å²) in [5, 5.41) is 13.1. The Morgan fingerprint density at radius 1 is 1.42 bits per heavy atom. The molecular weight excluding hydrogens is 242 g/mol. The molecule has 0 saturated carbocycles. The van der Waals surface area contributed by atoms with Crippen molar-refractivity contribution in [2.24, 2.45) is 0 Å². The van der Waals surface area contributed by atoms with Gasteiger partial charge in [-0.3, -0.25) is 9.69 Å². The molecular formula is C14H21N3O2. The number of hydrogen-bond donors (Lipinski definition) is 3. The molecule has 0 radical (unpaired) electrons. The number of anilines is 1. The highest BCUT2D eigenvalue weighted by atomic mass is 16.3. The zero-order valence-corrected chi connectivity index (χ0v) is 11.4. The topological polar surface area (TPSA) is 78.6 Å². The van der Waals surface area contributed by atoms with Gasteiger partial charge in [-0.25, -0.2) is 0 Å². The van der Waals surface area contributed by atoms with Gasteiger partial charge in [-0.1, -0.05) is 12.1 Å². The second-order valence-electron chi connectivity index (χ2n) is 5.44. The van der Waals surface area contributed by atoms with Gasteiger partial charge in [-0.15, -0.1) is 0 Å². The Bertz CT molecular complexity index is 456. The summed E-state index contributed by atoms with van der Waals surface area (Å²) in [6.45, 7) is 5.54. The van der Waals surface area contributed by atoms with Crippen molar-refractivity contribution in [1.82, 2.24) is 10.2 Å². The first kappa shape index (κ1) is 13.8. The third kappa shape index (κ3) is 2.88. The Kier molecular flexibility index (Phi) is 3.78. The van der Waals surface area contributed by atoms with Crippen molar-refractivity contribution < 1.29 is 9.90 Å². The summed E-state index contributed by atoms with van der Waals surface area (Å²) in [5.74, 6) is 0.00301. The monoisotopic (exact) mass is 263 g/mol. The van der Waals surface area contributed by atoms with Gasteiger partial charge in [-0.2, -0.15) is 0 Å². The molecule has 0 bridgehead atoms. The second kappa shape index (κ2) is 5.19. The van der Waals surface area contributed by atoms with E-state index in [0.29, 0.717) is 18.8 Å². The van der Waals surface area contributed by atoms with E-state index in [-0.39, 0.29) is 5.91 Å². The standard InChI is InChI=1S/C14H21N3O2/c1-14(2)13(19)16-7-8-17(14)9-12(18)10-3-5-11(15)6-4-10/h3-6,12,18H,7-9,15H2,1-2H3,(H,16,19). The van der Waals surface area contributed by atoms with E-state index in [4.69, 9.17) is 5.73 Å². The normalized spacial score (nSPS) is 20.9. The first-order chi connectivity index (χ1) is 8.91. The van der Waals surface area contributed by atoms with Crippen molar-refractivity contribution in [3.63, 3.8) is 0 Å². The van der Waals surface area contributed by atoms with Crippen LogP contribution in [0.25, 0.3) is 0 Å². The van der Waals surface area contributed by atoms with Crippen molar-refractivity contribution >= 4 is 11.6 Å². The predicted molar refractivity (Wildman–Crippen MR) is 74.5 cm³/mol. The minimum Gasteiger partial charge on any atom is -0.399 e. The van der Waals surface area contributed by atoms with Gasteiger partial charge >= 0.3 is 0 Å². The fraction of sp³-hybridized carbons (Fsp3) is 0.500. The molecule has 1 aromatic carbocycles. The van der Waals surface area contributed by atoms with Gasteiger partial charge < -0.3 is 16.2 Å². The number of carbonyl (C=O) groups is 1. The summed E-state index contributed by atoms with van der Waals surface area (Å²) < 4.78 is 0. The Morgan fingerprint density at radius 3 is 2.68 bits per heavy atom. The van der Waals surface area contributed by atoms with Crippen LogP contribution in [0.2, 0.25) is 0 Å². The van der Waals surface area contributed by atoms with E-state index in [9.17, 15) is 9.90 Å². The molecule has 5 heteroatoms. The number of nitrogen functional groups attached to an aromatic ring is 1. The number of piperazine rings is 1. The number of nitrogens with zero attached hydrogens (tertiary/aromatic N) is 1. The molecule has 0 aromatic heterocycles. The van der Waals surface area contributed by atoms with E-state index in [1.165, 1.54) is 0 Å². The molecule has 1 heterocycles. The summed E-state index contributed by atoms with van der Waals surface area (Å²) in [5.41, 5.74) is 6.53. The fourth-order valence-corrected chi connectivity index (χ4v) is 2.30. The number of carbonyl (C=O) groups excluding carboxylic acids is 1. The smallest absolute Gasteiger partial charge is 0.240 e. The number of hydrogen-bond acceptors (Lipinski definition) is 4. The molecule has 0 aliphatic carbocycles. The molecule has 1 aliphatic rings. The first-order valence-corrected chi connectivity index (χ1v) is 6.48. The molecule has 1 aromatic rings. The maximum absolute atomic E-state index is 11.8. The van der Waals surface area contributed by atoms with Crippen LogP contribution in [-0.4, -0.2) is 41.1 Å². The molecule has 0 spiro atoms. The lowest BCUT2D eigenvalue weighted by Gasteiger charge is -2.42. The summed E-state index contributed by atoms with van der Waals surface area (Å²) >= 11 is 0. The minimum absolute atomic E-state index is 0.00301. The lowest BCUT2D eigenvalue weighted by molar-refractivity contribution is -0.136. The average Bonchev–Trinajstić information content (AvgIpc) is 2.36. The number of β-amino-alcohol motifs (C(OH)–C–C–N with tert-alkyl or cyclic N) is 1. The van der Waals surface area contributed by atoms with Crippen LogP contribution >= 0.6 is 0 Å². The number of aliphatic hydroxyl groups is 1. The van der Waals surface area contributed by atoms with Gasteiger partial charge in [0.05, 0.1) is 11.6 Å². The van der Waals surface area contributed by atoms with Crippen LogP contribution < -0.4 is 11.1 Å². The van der Waals surface area contributed by atoms with Gasteiger partial charge in [0.15, 0.2) is 0 Å². The van der Waals surface area contributed by atoms with Crippen LogP contribution in [0.3, 0.4) is 0 Å². The van der Waals surface area contributed by atoms with E-state index in [0.717, 1.165) is 12.1 Å². The maximum atomic E-state index is 11.8. The molecule has 1 unspecified atom stereocenters. The third-order valence-electron chi connectivity index (χ3n) is 3.73. The molecule has 1 aliphatic heterocycles.